The second-order valence-corrected chi connectivity index (χ2v) is 5.94. The van der Waals surface area contributed by atoms with Crippen molar-refractivity contribution >= 4 is 27.7 Å². The molecule has 0 radical (unpaired) electrons. The van der Waals surface area contributed by atoms with E-state index in [0.29, 0.717) is 36.5 Å². The second-order valence-electron chi connectivity index (χ2n) is 5.09. The summed E-state index contributed by atoms with van der Waals surface area (Å²) in [5.74, 6) is -0.618. The first-order valence-corrected chi connectivity index (χ1v) is 8.00. The number of hydrogen-bond acceptors (Lipinski definition) is 4. The Morgan fingerprint density at radius 3 is 2.78 bits per heavy atom. The van der Waals surface area contributed by atoms with Crippen molar-refractivity contribution in [1.82, 2.24) is 10.2 Å². The van der Waals surface area contributed by atoms with E-state index >= 15 is 0 Å². The third kappa shape index (κ3) is 5.18. The highest BCUT2D eigenvalue weighted by atomic mass is 79.9. The van der Waals surface area contributed by atoms with E-state index in [2.05, 4.69) is 21.2 Å². The molecule has 1 atom stereocenters. The van der Waals surface area contributed by atoms with E-state index in [1.165, 1.54) is 18.2 Å². The first-order valence-electron chi connectivity index (χ1n) is 7.21. The van der Waals surface area contributed by atoms with Gasteiger partial charge in [-0.25, -0.2) is 4.39 Å². The highest BCUT2D eigenvalue weighted by Crippen LogP contribution is 2.25. The Morgan fingerprint density at radius 1 is 1.43 bits per heavy atom. The Bertz CT molecular complexity index is 579. The van der Waals surface area contributed by atoms with Crippen LogP contribution in [0.4, 0.5) is 4.39 Å². The number of carbonyl (C=O) groups excluding carboxylic acids is 2. The summed E-state index contributed by atoms with van der Waals surface area (Å²) in [5.41, 5.74) is 0. The molecule has 0 aromatic heterocycles. The molecular weight excluding hydrogens is 371 g/mol. The molecule has 1 heterocycles. The van der Waals surface area contributed by atoms with E-state index in [9.17, 15) is 14.0 Å². The Hall–Kier alpha value is -1.67. The number of morpholine rings is 1. The van der Waals surface area contributed by atoms with Gasteiger partial charge >= 0.3 is 0 Å². The van der Waals surface area contributed by atoms with Gasteiger partial charge in [0.2, 0.25) is 5.91 Å². The maximum Gasteiger partial charge on any atom is 0.258 e. The van der Waals surface area contributed by atoms with Crippen LogP contribution in [0.2, 0.25) is 0 Å². The zero-order valence-corrected chi connectivity index (χ0v) is 14.3. The van der Waals surface area contributed by atoms with Gasteiger partial charge in [-0.3, -0.25) is 9.59 Å². The lowest BCUT2D eigenvalue weighted by Crippen LogP contribution is -2.51. The number of nitrogens with zero attached hydrogens (tertiary/aromatic N) is 1. The zero-order valence-electron chi connectivity index (χ0n) is 12.7. The lowest BCUT2D eigenvalue weighted by atomic mass is 10.2. The van der Waals surface area contributed by atoms with Crippen LogP contribution in [0.5, 0.6) is 5.75 Å². The minimum atomic E-state index is -0.638. The van der Waals surface area contributed by atoms with Gasteiger partial charge in [-0.2, -0.15) is 0 Å². The fraction of sp³-hybridized carbons (Fsp3) is 0.467. The summed E-state index contributed by atoms with van der Waals surface area (Å²) in [6, 6.07) is 3.27. The molecule has 6 nitrogen and oxygen atoms in total. The van der Waals surface area contributed by atoms with Crippen molar-refractivity contribution in [3.05, 3.63) is 28.5 Å². The van der Waals surface area contributed by atoms with Gasteiger partial charge < -0.3 is 19.7 Å². The van der Waals surface area contributed by atoms with E-state index in [0.717, 1.165) is 0 Å². The minimum absolute atomic E-state index is 0.149. The maximum atomic E-state index is 13.0. The standard InChI is InChI=1S/C15H18BrFN2O4/c1-10(15(21)19-4-6-22-7-5-19)18-14(20)9-23-13-3-2-11(17)8-12(13)16/h2-3,8,10H,4-7,9H2,1H3,(H,18,20)/t10-/m1/s1. The fourth-order valence-corrected chi connectivity index (χ4v) is 2.60. The van der Waals surface area contributed by atoms with Crippen LogP contribution in [0.1, 0.15) is 6.92 Å². The molecule has 1 fully saturated rings. The van der Waals surface area contributed by atoms with Crippen LogP contribution in [0.3, 0.4) is 0 Å². The Kier molecular flexibility index (Phi) is 6.35. The Balaban J connectivity index is 1.80. The molecule has 0 bridgehead atoms. The van der Waals surface area contributed by atoms with Gasteiger partial charge in [0.05, 0.1) is 17.7 Å². The molecule has 1 saturated heterocycles. The number of amides is 2. The van der Waals surface area contributed by atoms with E-state index in [4.69, 9.17) is 9.47 Å². The van der Waals surface area contributed by atoms with Crippen LogP contribution < -0.4 is 10.1 Å². The van der Waals surface area contributed by atoms with E-state index in [1.807, 2.05) is 0 Å². The predicted octanol–water partition coefficient (Wildman–Crippen LogP) is 1.33. The largest absolute Gasteiger partial charge is 0.483 e. The summed E-state index contributed by atoms with van der Waals surface area (Å²) in [6.07, 6.45) is 0. The molecule has 1 aliphatic rings. The SMILES string of the molecule is C[C@@H](NC(=O)COc1ccc(F)cc1Br)C(=O)N1CCOCC1. The first kappa shape index (κ1) is 17.7. The number of nitrogens with one attached hydrogen (secondary N) is 1. The molecule has 0 saturated carbocycles. The summed E-state index contributed by atoms with van der Waals surface area (Å²) in [7, 11) is 0. The molecule has 1 aliphatic heterocycles. The average molecular weight is 389 g/mol. The van der Waals surface area contributed by atoms with Crippen LogP contribution in [0, 0.1) is 5.82 Å². The quantitative estimate of drug-likeness (QED) is 0.825. The number of hydrogen-bond donors (Lipinski definition) is 1. The molecule has 1 aromatic rings. The normalized spacial score (nSPS) is 15.9. The number of halogens is 2. The highest BCUT2D eigenvalue weighted by molar-refractivity contribution is 9.10. The Morgan fingerprint density at radius 2 is 2.13 bits per heavy atom. The molecule has 23 heavy (non-hydrogen) atoms. The van der Waals surface area contributed by atoms with Crippen molar-refractivity contribution in [1.29, 1.82) is 0 Å². The van der Waals surface area contributed by atoms with Gasteiger partial charge in [-0.1, -0.05) is 0 Å². The topological polar surface area (TPSA) is 67.9 Å². The molecule has 126 valence electrons. The number of benzene rings is 1. The predicted molar refractivity (Wildman–Crippen MR) is 84.6 cm³/mol. The van der Waals surface area contributed by atoms with Gasteiger partial charge in [0, 0.05) is 13.1 Å². The van der Waals surface area contributed by atoms with Crippen molar-refractivity contribution in [3.8, 4) is 5.75 Å². The van der Waals surface area contributed by atoms with Gasteiger partial charge in [0.25, 0.3) is 5.91 Å². The van der Waals surface area contributed by atoms with Crippen LogP contribution in [-0.2, 0) is 14.3 Å². The summed E-state index contributed by atoms with van der Waals surface area (Å²) in [5, 5.41) is 2.59. The van der Waals surface area contributed by atoms with Crippen molar-refractivity contribution in [2.75, 3.05) is 32.9 Å². The van der Waals surface area contributed by atoms with Crippen molar-refractivity contribution < 1.29 is 23.5 Å². The summed E-state index contributed by atoms with van der Waals surface area (Å²) < 4.78 is 23.9. The lowest BCUT2D eigenvalue weighted by Gasteiger charge is -2.29. The fourth-order valence-electron chi connectivity index (χ4n) is 2.14. The van der Waals surface area contributed by atoms with Gasteiger partial charge in [0.15, 0.2) is 6.61 Å². The van der Waals surface area contributed by atoms with Crippen LogP contribution >= 0.6 is 15.9 Å². The second kappa shape index (κ2) is 8.26. The van der Waals surface area contributed by atoms with Gasteiger partial charge in [-0.05, 0) is 41.1 Å². The van der Waals surface area contributed by atoms with Crippen LogP contribution in [0.15, 0.2) is 22.7 Å². The average Bonchev–Trinajstić information content (AvgIpc) is 2.54. The highest BCUT2D eigenvalue weighted by Gasteiger charge is 2.23. The van der Waals surface area contributed by atoms with Crippen molar-refractivity contribution in [3.63, 3.8) is 0 Å². The zero-order chi connectivity index (χ0) is 16.8. The molecule has 1 N–H and O–H groups in total. The molecule has 0 spiro atoms. The Labute approximate surface area is 142 Å². The molecule has 0 aliphatic carbocycles. The van der Waals surface area contributed by atoms with Crippen molar-refractivity contribution in [2.45, 2.75) is 13.0 Å². The molecule has 0 unspecified atom stereocenters. The molecular formula is C15H18BrFN2O4. The third-order valence-corrected chi connectivity index (χ3v) is 3.94. The van der Waals surface area contributed by atoms with Crippen LogP contribution in [0.25, 0.3) is 0 Å². The lowest BCUT2D eigenvalue weighted by molar-refractivity contribution is -0.139. The summed E-state index contributed by atoms with van der Waals surface area (Å²) in [4.78, 5) is 25.7. The summed E-state index contributed by atoms with van der Waals surface area (Å²) >= 11 is 3.15. The first-order chi connectivity index (χ1) is 11.0. The van der Waals surface area contributed by atoms with Gasteiger partial charge in [-0.15, -0.1) is 0 Å². The number of rotatable bonds is 5. The minimum Gasteiger partial charge on any atom is -0.483 e. The molecule has 8 heteroatoms. The molecule has 2 rings (SSSR count). The van der Waals surface area contributed by atoms with Crippen molar-refractivity contribution in [2.24, 2.45) is 0 Å². The third-order valence-electron chi connectivity index (χ3n) is 3.32. The van der Waals surface area contributed by atoms with Gasteiger partial charge in [0.1, 0.15) is 17.6 Å². The molecule has 1 aromatic carbocycles. The number of ether oxygens (including phenoxy) is 2. The smallest absolute Gasteiger partial charge is 0.258 e. The van der Waals surface area contributed by atoms with E-state index in [-0.39, 0.29) is 12.5 Å². The molecule has 2 amide bonds. The van der Waals surface area contributed by atoms with Crippen LogP contribution in [-0.4, -0.2) is 55.7 Å². The summed E-state index contributed by atoms with van der Waals surface area (Å²) in [6.45, 7) is 3.44. The van der Waals surface area contributed by atoms with E-state index in [1.54, 1.807) is 11.8 Å². The number of carbonyl (C=O) groups is 2. The van der Waals surface area contributed by atoms with E-state index < -0.39 is 17.8 Å². The monoisotopic (exact) mass is 388 g/mol. The maximum absolute atomic E-state index is 13.0.